The summed E-state index contributed by atoms with van der Waals surface area (Å²) < 4.78 is 5.41. The number of pyridine rings is 1. The Bertz CT molecular complexity index is 1040. The van der Waals surface area contributed by atoms with Crippen molar-refractivity contribution in [2.75, 3.05) is 5.75 Å². The maximum Gasteiger partial charge on any atom is 0.316 e. The van der Waals surface area contributed by atoms with Gasteiger partial charge in [-0.15, -0.1) is 11.3 Å². The molecular formula is C18H13N3O2S2. The lowest BCUT2D eigenvalue weighted by atomic mass is 10.1. The van der Waals surface area contributed by atoms with E-state index in [1.54, 1.807) is 17.5 Å². The fraction of sp³-hybridized carbons (Fsp3) is 0.111. The van der Waals surface area contributed by atoms with E-state index in [2.05, 4.69) is 15.0 Å². The molecule has 7 heteroatoms. The molecule has 0 saturated carbocycles. The zero-order valence-corrected chi connectivity index (χ0v) is 14.7. The minimum absolute atomic E-state index is 0.208. The van der Waals surface area contributed by atoms with Gasteiger partial charge in [0.15, 0.2) is 0 Å². The standard InChI is InChI=1S/C18H13N3O2S2/c22-15(10-25-18-14-6-8-24-17(14)20-11-21-18)23-9-13-4-1-3-12-5-2-7-19-16(12)13/h1-8,11H,9-10H2. The second-order valence-corrected chi connectivity index (χ2v) is 7.12. The van der Waals surface area contributed by atoms with E-state index >= 15 is 0 Å². The van der Waals surface area contributed by atoms with Crippen LogP contribution in [0.2, 0.25) is 0 Å². The molecule has 3 aromatic heterocycles. The molecule has 0 spiro atoms. The molecule has 0 N–H and O–H groups in total. The van der Waals surface area contributed by atoms with Gasteiger partial charge in [-0.3, -0.25) is 9.78 Å². The van der Waals surface area contributed by atoms with Crippen molar-refractivity contribution in [1.82, 2.24) is 15.0 Å². The first kappa shape index (κ1) is 16.0. The number of benzene rings is 1. The van der Waals surface area contributed by atoms with Crippen LogP contribution in [0.3, 0.4) is 0 Å². The van der Waals surface area contributed by atoms with Crippen LogP contribution in [0, 0.1) is 0 Å². The number of hydrogen-bond donors (Lipinski definition) is 0. The smallest absolute Gasteiger partial charge is 0.316 e. The number of para-hydroxylation sites is 1. The van der Waals surface area contributed by atoms with Gasteiger partial charge >= 0.3 is 5.97 Å². The van der Waals surface area contributed by atoms with Crippen LogP contribution >= 0.6 is 23.1 Å². The maximum atomic E-state index is 12.1. The summed E-state index contributed by atoms with van der Waals surface area (Å²) in [5.41, 5.74) is 1.76. The van der Waals surface area contributed by atoms with Crippen molar-refractivity contribution in [2.45, 2.75) is 11.6 Å². The van der Waals surface area contributed by atoms with Crippen molar-refractivity contribution in [2.24, 2.45) is 0 Å². The van der Waals surface area contributed by atoms with Gasteiger partial charge in [0.25, 0.3) is 0 Å². The van der Waals surface area contributed by atoms with Crippen molar-refractivity contribution in [1.29, 1.82) is 0 Å². The van der Waals surface area contributed by atoms with Gasteiger partial charge in [0.2, 0.25) is 0 Å². The number of fused-ring (bicyclic) bond motifs is 2. The molecule has 0 aliphatic rings. The Balaban J connectivity index is 1.40. The lowest BCUT2D eigenvalue weighted by Gasteiger charge is -2.07. The molecule has 0 unspecified atom stereocenters. The largest absolute Gasteiger partial charge is 0.460 e. The molecule has 1 aromatic carbocycles. The van der Waals surface area contributed by atoms with Crippen LogP contribution in [0.1, 0.15) is 5.56 Å². The second-order valence-electron chi connectivity index (χ2n) is 5.26. The Labute approximate surface area is 152 Å². The van der Waals surface area contributed by atoms with E-state index in [0.717, 1.165) is 31.7 Å². The summed E-state index contributed by atoms with van der Waals surface area (Å²) in [6.07, 6.45) is 3.26. The number of aromatic nitrogens is 3. The SMILES string of the molecule is O=C(CSc1ncnc2sccc12)OCc1cccc2cccnc12. The Morgan fingerprint density at radius 2 is 2.04 bits per heavy atom. The molecule has 0 aliphatic heterocycles. The zero-order chi connectivity index (χ0) is 17.1. The van der Waals surface area contributed by atoms with E-state index in [-0.39, 0.29) is 18.3 Å². The Hall–Kier alpha value is -2.51. The average molecular weight is 367 g/mol. The molecular weight excluding hydrogens is 354 g/mol. The van der Waals surface area contributed by atoms with Crippen LogP contribution in [-0.2, 0) is 16.1 Å². The Morgan fingerprint density at radius 3 is 3.00 bits per heavy atom. The normalized spacial score (nSPS) is 11.0. The van der Waals surface area contributed by atoms with Gasteiger partial charge in [-0.1, -0.05) is 36.0 Å². The summed E-state index contributed by atoms with van der Waals surface area (Å²) in [4.78, 5) is 25.8. The number of carbonyl (C=O) groups is 1. The Kier molecular flexibility index (Phi) is 4.58. The lowest BCUT2D eigenvalue weighted by Crippen LogP contribution is -2.08. The maximum absolute atomic E-state index is 12.1. The third-order valence-corrected chi connectivity index (χ3v) is 5.46. The second kappa shape index (κ2) is 7.16. The van der Waals surface area contributed by atoms with Crippen molar-refractivity contribution >= 4 is 50.2 Å². The summed E-state index contributed by atoms with van der Waals surface area (Å²) in [5, 5.41) is 4.78. The molecule has 0 amide bonds. The summed E-state index contributed by atoms with van der Waals surface area (Å²) in [5.74, 6) is -0.0694. The van der Waals surface area contributed by atoms with E-state index in [1.165, 1.54) is 18.1 Å². The molecule has 124 valence electrons. The van der Waals surface area contributed by atoms with Crippen LogP contribution < -0.4 is 0 Å². The first-order valence-corrected chi connectivity index (χ1v) is 9.47. The highest BCUT2D eigenvalue weighted by Crippen LogP contribution is 2.27. The summed E-state index contributed by atoms with van der Waals surface area (Å²) >= 11 is 2.92. The van der Waals surface area contributed by atoms with Gasteiger partial charge < -0.3 is 4.74 Å². The molecule has 0 bridgehead atoms. The molecule has 4 aromatic rings. The third kappa shape index (κ3) is 3.47. The molecule has 5 nitrogen and oxygen atoms in total. The number of hydrogen-bond acceptors (Lipinski definition) is 7. The van der Waals surface area contributed by atoms with Crippen molar-refractivity contribution in [3.8, 4) is 0 Å². The van der Waals surface area contributed by atoms with Crippen LogP contribution in [0.4, 0.5) is 0 Å². The van der Waals surface area contributed by atoms with Crippen LogP contribution in [0.15, 0.2) is 59.3 Å². The monoisotopic (exact) mass is 367 g/mol. The highest BCUT2D eigenvalue weighted by molar-refractivity contribution is 8.00. The quantitative estimate of drug-likeness (QED) is 0.301. The van der Waals surface area contributed by atoms with Gasteiger partial charge in [0, 0.05) is 22.5 Å². The number of carbonyl (C=O) groups excluding carboxylic acids is 1. The molecule has 0 radical (unpaired) electrons. The predicted molar refractivity (Wildman–Crippen MR) is 99.7 cm³/mol. The summed E-state index contributed by atoms with van der Waals surface area (Å²) in [7, 11) is 0. The highest BCUT2D eigenvalue weighted by atomic mass is 32.2. The number of rotatable bonds is 5. The molecule has 3 heterocycles. The first-order chi connectivity index (χ1) is 12.3. The molecule has 0 fully saturated rings. The topological polar surface area (TPSA) is 65.0 Å². The zero-order valence-electron chi connectivity index (χ0n) is 13.1. The molecule has 0 saturated heterocycles. The van der Waals surface area contributed by atoms with Gasteiger partial charge in [-0.25, -0.2) is 9.97 Å². The molecule has 0 aliphatic carbocycles. The van der Waals surface area contributed by atoms with Gasteiger partial charge in [-0.2, -0.15) is 0 Å². The first-order valence-electron chi connectivity index (χ1n) is 7.60. The van der Waals surface area contributed by atoms with Gasteiger partial charge in [0.05, 0.1) is 11.3 Å². The van der Waals surface area contributed by atoms with Crippen LogP contribution in [0.25, 0.3) is 21.1 Å². The van der Waals surface area contributed by atoms with Crippen LogP contribution in [0.5, 0.6) is 0 Å². The summed E-state index contributed by atoms with van der Waals surface area (Å²) in [6, 6.07) is 11.7. The molecule has 25 heavy (non-hydrogen) atoms. The number of thiophene rings is 1. The fourth-order valence-electron chi connectivity index (χ4n) is 2.49. The minimum Gasteiger partial charge on any atom is -0.460 e. The van der Waals surface area contributed by atoms with Crippen molar-refractivity contribution < 1.29 is 9.53 Å². The number of ether oxygens (including phenoxy) is 1. The molecule has 4 rings (SSSR count). The van der Waals surface area contributed by atoms with Crippen molar-refractivity contribution in [3.05, 3.63) is 59.9 Å². The van der Waals surface area contributed by atoms with E-state index in [1.807, 2.05) is 41.8 Å². The third-order valence-electron chi connectivity index (χ3n) is 3.66. The number of nitrogens with zero attached hydrogens (tertiary/aromatic N) is 3. The Morgan fingerprint density at radius 1 is 1.12 bits per heavy atom. The van der Waals surface area contributed by atoms with Gasteiger partial charge in [0.1, 0.15) is 22.8 Å². The number of esters is 1. The molecule has 0 atom stereocenters. The van der Waals surface area contributed by atoms with E-state index in [4.69, 9.17) is 4.74 Å². The van der Waals surface area contributed by atoms with Crippen molar-refractivity contribution in [3.63, 3.8) is 0 Å². The lowest BCUT2D eigenvalue weighted by molar-refractivity contribution is -0.141. The fourth-order valence-corrected chi connectivity index (χ4v) is 4.07. The van der Waals surface area contributed by atoms with Crippen LogP contribution in [-0.4, -0.2) is 26.7 Å². The highest BCUT2D eigenvalue weighted by Gasteiger charge is 2.10. The van der Waals surface area contributed by atoms with Gasteiger partial charge in [-0.05, 0) is 17.5 Å². The van der Waals surface area contributed by atoms with E-state index in [9.17, 15) is 4.79 Å². The minimum atomic E-state index is -0.278. The van der Waals surface area contributed by atoms with E-state index in [0.29, 0.717) is 0 Å². The van der Waals surface area contributed by atoms with E-state index < -0.39 is 0 Å². The average Bonchev–Trinajstić information content (AvgIpc) is 3.14. The number of thioether (sulfide) groups is 1. The summed E-state index contributed by atoms with van der Waals surface area (Å²) in [6.45, 7) is 0.214. The predicted octanol–water partition coefficient (Wildman–Crippen LogP) is 4.08.